The van der Waals surface area contributed by atoms with Gasteiger partial charge in [-0.1, -0.05) is 5.16 Å². The average molecular weight is 588 g/mol. The third-order valence-electron chi connectivity index (χ3n) is 5.74. The normalized spacial score (nSPS) is 18.4. The van der Waals surface area contributed by atoms with Gasteiger partial charge in [0, 0.05) is 23.2 Å². The van der Waals surface area contributed by atoms with E-state index in [1.54, 1.807) is 13.0 Å². The lowest BCUT2D eigenvalue weighted by Crippen LogP contribution is -2.71. The first kappa shape index (κ1) is 28.2. The van der Waals surface area contributed by atoms with E-state index in [2.05, 4.69) is 20.8 Å². The van der Waals surface area contributed by atoms with Gasteiger partial charge in [-0.05, 0) is 24.6 Å². The number of fused-ring (bicyclic) bond motifs is 1. The minimum Gasteiger partial charge on any atom is -0.504 e. The lowest BCUT2D eigenvalue weighted by Gasteiger charge is -2.49. The number of carboxylic acid groups (broad SMARTS) is 1. The molecule has 0 bridgehead atoms. The molecule has 4 rings (SSSR count). The molecule has 1 fully saturated rings. The molecular formula is C23H21N7O8S2. The molecule has 1 aromatic carbocycles. The van der Waals surface area contributed by atoms with Gasteiger partial charge >= 0.3 is 5.97 Å². The van der Waals surface area contributed by atoms with Crippen molar-refractivity contribution < 1.29 is 39.3 Å². The number of oxime groups is 1. The lowest BCUT2D eigenvalue weighted by atomic mass is 10.0. The number of carbonyl (C=O) groups is 4. The first-order valence-electron chi connectivity index (χ1n) is 11.4. The minimum atomic E-state index is -1.40. The number of hydrogen-bond donors (Lipinski definition) is 6. The summed E-state index contributed by atoms with van der Waals surface area (Å²) < 4.78 is 0. The monoisotopic (exact) mass is 587 g/mol. The topological polar surface area (TPSA) is 241 Å². The van der Waals surface area contributed by atoms with E-state index in [4.69, 9.17) is 15.8 Å². The van der Waals surface area contributed by atoms with Crippen LogP contribution in [0, 0.1) is 11.3 Å². The predicted octanol–water partition coefficient (Wildman–Crippen LogP) is -0.0826. The summed E-state index contributed by atoms with van der Waals surface area (Å²) in [5.41, 5.74) is 5.04. The van der Waals surface area contributed by atoms with Crippen LogP contribution in [-0.2, 0) is 19.2 Å². The number of thioether (sulfide) groups is 1. The summed E-state index contributed by atoms with van der Waals surface area (Å²) in [5.74, 6) is -4.83. The van der Waals surface area contributed by atoms with Crippen LogP contribution in [0.25, 0.3) is 0 Å². The van der Waals surface area contributed by atoms with Crippen LogP contribution in [0.4, 0.5) is 5.13 Å². The third kappa shape index (κ3) is 5.34. The molecule has 40 heavy (non-hydrogen) atoms. The van der Waals surface area contributed by atoms with Crippen molar-refractivity contribution in [2.24, 2.45) is 5.16 Å². The number of carbonyl (C=O) groups excluding carboxylic acids is 3. The van der Waals surface area contributed by atoms with Gasteiger partial charge in [-0.25, -0.2) is 9.78 Å². The molecule has 7 N–H and O–H groups in total. The van der Waals surface area contributed by atoms with Gasteiger partial charge in [0.05, 0.1) is 5.56 Å². The Morgan fingerprint density at radius 3 is 2.73 bits per heavy atom. The molecule has 3 heterocycles. The number of thiazole rings is 1. The van der Waals surface area contributed by atoms with Gasteiger partial charge in [-0.3, -0.25) is 19.3 Å². The molecule has 208 valence electrons. The summed E-state index contributed by atoms with van der Waals surface area (Å²) in [7, 11) is 0. The van der Waals surface area contributed by atoms with Gasteiger partial charge < -0.3 is 36.5 Å². The van der Waals surface area contributed by atoms with Crippen molar-refractivity contribution >= 4 is 57.6 Å². The zero-order chi connectivity index (χ0) is 29.1. The molecule has 2 aliphatic rings. The molecule has 0 saturated carbocycles. The van der Waals surface area contributed by atoms with Crippen LogP contribution >= 0.6 is 23.1 Å². The molecule has 2 aromatic rings. The van der Waals surface area contributed by atoms with Crippen molar-refractivity contribution in [3.63, 3.8) is 0 Å². The van der Waals surface area contributed by atoms with E-state index in [9.17, 15) is 34.5 Å². The van der Waals surface area contributed by atoms with Gasteiger partial charge in [0.2, 0.25) is 0 Å². The van der Waals surface area contributed by atoms with E-state index < -0.39 is 46.6 Å². The van der Waals surface area contributed by atoms with Crippen LogP contribution in [0.1, 0.15) is 28.5 Å². The third-order valence-corrected chi connectivity index (χ3v) is 7.75. The van der Waals surface area contributed by atoms with E-state index in [0.717, 1.165) is 28.4 Å². The molecule has 0 aliphatic carbocycles. The highest BCUT2D eigenvalue weighted by Gasteiger charge is 2.54. The fourth-order valence-corrected chi connectivity index (χ4v) is 5.78. The van der Waals surface area contributed by atoms with Crippen molar-refractivity contribution in [1.29, 1.82) is 5.26 Å². The predicted molar refractivity (Wildman–Crippen MR) is 141 cm³/mol. The van der Waals surface area contributed by atoms with Crippen LogP contribution in [-0.4, -0.2) is 84.9 Å². The average Bonchev–Trinajstić information content (AvgIpc) is 3.36. The number of aromatic hydroxyl groups is 2. The van der Waals surface area contributed by atoms with Crippen molar-refractivity contribution in [3.05, 3.63) is 45.6 Å². The van der Waals surface area contributed by atoms with Gasteiger partial charge in [0.25, 0.3) is 17.7 Å². The largest absolute Gasteiger partial charge is 0.504 e. The van der Waals surface area contributed by atoms with Crippen molar-refractivity contribution in [2.75, 3.05) is 24.6 Å². The molecule has 1 saturated heterocycles. The first-order valence-corrected chi connectivity index (χ1v) is 13.4. The highest BCUT2D eigenvalue weighted by atomic mass is 32.2. The van der Waals surface area contributed by atoms with Crippen molar-refractivity contribution in [3.8, 4) is 17.6 Å². The number of phenolic OH excluding ortho intramolecular Hbond substituents is 2. The molecule has 3 amide bonds. The number of aromatic nitrogens is 1. The Morgan fingerprint density at radius 2 is 2.10 bits per heavy atom. The Morgan fingerprint density at radius 1 is 1.35 bits per heavy atom. The van der Waals surface area contributed by atoms with Crippen LogP contribution in [0.5, 0.6) is 11.5 Å². The molecule has 0 unspecified atom stereocenters. The van der Waals surface area contributed by atoms with Gasteiger partial charge in [-0.2, -0.15) is 5.26 Å². The number of phenols is 2. The van der Waals surface area contributed by atoms with Gasteiger partial charge in [0.15, 0.2) is 22.3 Å². The van der Waals surface area contributed by atoms with Crippen LogP contribution < -0.4 is 16.4 Å². The summed E-state index contributed by atoms with van der Waals surface area (Å²) in [6.45, 7) is 1.57. The summed E-state index contributed by atoms with van der Waals surface area (Å²) in [5, 5.41) is 48.1. The number of aliphatic carboxylic acids is 1. The highest BCUT2D eigenvalue weighted by Crippen LogP contribution is 2.40. The number of nitrogen functional groups attached to an aromatic ring is 1. The van der Waals surface area contributed by atoms with Crippen LogP contribution in [0.2, 0.25) is 0 Å². The van der Waals surface area contributed by atoms with Crippen molar-refractivity contribution in [2.45, 2.75) is 18.3 Å². The highest BCUT2D eigenvalue weighted by molar-refractivity contribution is 8.00. The second kappa shape index (κ2) is 11.5. The molecular weight excluding hydrogens is 566 g/mol. The van der Waals surface area contributed by atoms with Gasteiger partial charge in [0.1, 0.15) is 35.5 Å². The minimum absolute atomic E-state index is 0.107. The quantitative estimate of drug-likeness (QED) is 0.0977. The number of carboxylic acids is 1. The smallest absolute Gasteiger partial charge is 0.352 e. The second-order valence-corrected chi connectivity index (χ2v) is 10.2. The molecule has 2 aliphatic heterocycles. The standard InChI is InChI=1S/C23H21N7O8S2/c1-2-38-29-14(12-8-40-23(25)27-12)19(34)28-15-20(35)30-16(22(36)37)11(7-39-21(15)30)6-26-18(33)9-3-10(5-24)17(32)13(31)4-9/h3-4,8,15,21,31-32H,2,6-7H2,1H3,(H2,25,27)(H,26,33)(H,28,34)(H,36,37)/b29-14-/t15-,21-/m1/s1. The number of nitrogens with zero attached hydrogens (tertiary/aromatic N) is 4. The molecule has 15 nitrogen and oxygen atoms in total. The van der Waals surface area contributed by atoms with Crippen LogP contribution in [0.15, 0.2) is 33.9 Å². The Hall–Kier alpha value is -4.82. The zero-order valence-corrected chi connectivity index (χ0v) is 22.2. The lowest BCUT2D eigenvalue weighted by molar-refractivity contribution is -0.150. The van der Waals surface area contributed by atoms with E-state index in [1.165, 1.54) is 17.1 Å². The summed E-state index contributed by atoms with van der Waals surface area (Å²) in [6.07, 6.45) is 0. The van der Waals surface area contributed by atoms with E-state index >= 15 is 0 Å². The van der Waals surface area contributed by atoms with E-state index in [1.807, 2.05) is 0 Å². The molecule has 0 spiro atoms. The first-order chi connectivity index (χ1) is 19.1. The summed E-state index contributed by atoms with van der Waals surface area (Å²) in [6, 6.07) is 2.61. The Balaban J connectivity index is 1.49. The maximum absolute atomic E-state index is 13.0. The fourth-order valence-electron chi connectivity index (χ4n) is 3.88. The molecule has 17 heteroatoms. The zero-order valence-electron chi connectivity index (χ0n) is 20.6. The number of rotatable bonds is 9. The van der Waals surface area contributed by atoms with Crippen molar-refractivity contribution in [1.82, 2.24) is 20.5 Å². The summed E-state index contributed by atoms with van der Waals surface area (Å²) >= 11 is 2.27. The maximum Gasteiger partial charge on any atom is 0.352 e. The molecule has 1 aromatic heterocycles. The maximum atomic E-state index is 13.0. The fraction of sp³-hybridized carbons (Fsp3) is 0.261. The second-order valence-electron chi connectivity index (χ2n) is 8.23. The van der Waals surface area contributed by atoms with E-state index in [-0.39, 0.29) is 57.8 Å². The molecule has 2 atom stereocenters. The number of nitrogens with one attached hydrogen (secondary N) is 2. The number of amides is 3. The summed E-state index contributed by atoms with van der Waals surface area (Å²) in [4.78, 5) is 60.7. The van der Waals surface area contributed by atoms with E-state index in [0.29, 0.717) is 0 Å². The number of benzene rings is 1. The number of nitriles is 1. The Labute approximate surface area is 233 Å². The molecule has 0 radical (unpaired) electrons. The number of hydrogen-bond acceptors (Lipinski definition) is 13. The number of nitrogens with two attached hydrogens (primary N) is 1. The number of β-lactam (4-membered cyclic amide) rings is 1. The van der Waals surface area contributed by atoms with Crippen LogP contribution in [0.3, 0.4) is 0 Å². The van der Waals surface area contributed by atoms with Gasteiger partial charge in [-0.15, -0.1) is 23.1 Å². The SMILES string of the molecule is CCO/N=C(\C(=O)N[C@@H]1C(=O)N2C(C(=O)O)=C(CNC(=O)c3cc(O)c(O)c(C#N)c3)CS[C@H]12)c1csc(N)n1. The number of anilines is 1. The Bertz CT molecular complexity index is 1510. The Kier molecular flexibility index (Phi) is 8.11.